The number of aliphatic hydroxyl groups is 1. The highest BCUT2D eigenvalue weighted by Crippen LogP contribution is 2.08. The minimum absolute atomic E-state index is 0.00526. The third-order valence-electron chi connectivity index (χ3n) is 1.99. The Hall–Kier alpha value is -0.860. The van der Waals surface area contributed by atoms with Gasteiger partial charge in [-0.2, -0.15) is 0 Å². The van der Waals surface area contributed by atoms with Gasteiger partial charge >= 0.3 is 0 Å². The summed E-state index contributed by atoms with van der Waals surface area (Å²) in [5.41, 5.74) is 1.00. The summed E-state index contributed by atoms with van der Waals surface area (Å²) in [6.45, 7) is 2.10. The number of benzene rings is 1. The van der Waals surface area contributed by atoms with E-state index in [0.29, 0.717) is 0 Å². The third kappa shape index (κ3) is 3.48. The Morgan fingerprint density at radius 2 is 2.07 bits per heavy atom. The molecule has 0 heterocycles. The van der Waals surface area contributed by atoms with Crippen molar-refractivity contribution in [1.82, 2.24) is 0 Å². The molecule has 1 N–H and O–H groups in total. The van der Waals surface area contributed by atoms with E-state index in [-0.39, 0.29) is 12.6 Å². The molecule has 0 saturated heterocycles. The van der Waals surface area contributed by atoms with Gasteiger partial charge in [0.2, 0.25) is 0 Å². The first-order valence-corrected chi connectivity index (χ1v) is 5.03. The van der Waals surface area contributed by atoms with E-state index in [1.165, 1.54) is 0 Å². The molecule has 1 aromatic rings. The number of hydrogen-bond donors (Lipinski definition) is 1. The molecule has 1 rings (SSSR count). The largest absolute Gasteiger partial charge is 0.394 e. The average molecular weight is 212 g/mol. The van der Waals surface area contributed by atoms with E-state index in [1.807, 2.05) is 31.2 Å². The molecule has 14 heavy (non-hydrogen) atoms. The second-order valence-corrected chi connectivity index (χ2v) is 3.51. The van der Waals surface area contributed by atoms with E-state index in [4.69, 9.17) is 16.7 Å². The molecule has 2 nitrogen and oxygen atoms in total. The Bertz CT molecular complexity index is 291. The lowest BCUT2D eigenvalue weighted by molar-refractivity contribution is 0.264. The Balaban J connectivity index is 2.63. The van der Waals surface area contributed by atoms with E-state index in [1.54, 1.807) is 6.21 Å². The maximum atomic E-state index is 8.91. The molecule has 0 aliphatic carbocycles. The molecule has 0 amide bonds. The Kier molecular flexibility index (Phi) is 4.63. The summed E-state index contributed by atoms with van der Waals surface area (Å²) in [6, 6.07) is 7.45. The monoisotopic (exact) mass is 211 g/mol. The van der Waals surface area contributed by atoms with Gasteiger partial charge in [-0.15, -0.1) is 0 Å². The summed E-state index contributed by atoms with van der Waals surface area (Å²) in [5, 5.41) is 9.63. The minimum atomic E-state index is 0.00526. The molecule has 3 heteroatoms. The van der Waals surface area contributed by atoms with Crippen molar-refractivity contribution in [1.29, 1.82) is 0 Å². The molecule has 1 aromatic carbocycles. The fourth-order valence-corrected chi connectivity index (χ4v) is 1.15. The van der Waals surface area contributed by atoms with E-state index in [0.717, 1.165) is 17.0 Å². The third-order valence-corrected chi connectivity index (χ3v) is 2.24. The van der Waals surface area contributed by atoms with Crippen molar-refractivity contribution < 1.29 is 5.11 Å². The zero-order chi connectivity index (χ0) is 10.4. The standard InChI is InChI=1S/C11H14ClNO/c1-2-11(8-14)13-7-9-3-5-10(12)6-4-9/h3-7,11,14H,2,8H2,1H3/t11-/m0/s1. The van der Waals surface area contributed by atoms with Crippen LogP contribution in [0.3, 0.4) is 0 Å². The highest BCUT2D eigenvalue weighted by atomic mass is 35.5. The number of rotatable bonds is 4. The van der Waals surface area contributed by atoms with Gasteiger partial charge in [-0.3, -0.25) is 4.99 Å². The summed E-state index contributed by atoms with van der Waals surface area (Å²) < 4.78 is 0. The normalized spacial score (nSPS) is 13.4. The van der Waals surface area contributed by atoms with Crippen molar-refractivity contribution in [3.05, 3.63) is 34.9 Å². The van der Waals surface area contributed by atoms with Gasteiger partial charge in [0.25, 0.3) is 0 Å². The van der Waals surface area contributed by atoms with Crippen LogP contribution in [0, 0.1) is 0 Å². The van der Waals surface area contributed by atoms with E-state index < -0.39 is 0 Å². The van der Waals surface area contributed by atoms with Gasteiger partial charge in [0.15, 0.2) is 0 Å². The number of aliphatic hydroxyl groups excluding tert-OH is 1. The molecule has 0 aliphatic rings. The number of aliphatic imine (C=N–C) groups is 1. The molecule has 0 bridgehead atoms. The summed E-state index contributed by atoms with van der Waals surface area (Å²) >= 11 is 5.74. The fraction of sp³-hybridized carbons (Fsp3) is 0.364. The average Bonchev–Trinajstić information content (AvgIpc) is 2.22. The van der Waals surface area contributed by atoms with Gasteiger partial charge < -0.3 is 5.11 Å². The highest BCUT2D eigenvalue weighted by molar-refractivity contribution is 6.30. The number of hydrogen-bond acceptors (Lipinski definition) is 2. The molecule has 0 saturated carbocycles. The van der Waals surface area contributed by atoms with Crippen molar-refractivity contribution in [2.75, 3.05) is 6.61 Å². The van der Waals surface area contributed by atoms with Gasteiger partial charge in [0.1, 0.15) is 0 Å². The van der Waals surface area contributed by atoms with Gasteiger partial charge in [0, 0.05) is 11.2 Å². The van der Waals surface area contributed by atoms with Crippen LogP contribution in [-0.2, 0) is 0 Å². The molecule has 0 radical (unpaired) electrons. The van der Waals surface area contributed by atoms with Crippen LogP contribution in [0.2, 0.25) is 5.02 Å². The van der Waals surface area contributed by atoms with Crippen LogP contribution >= 0.6 is 11.6 Å². The summed E-state index contributed by atoms with van der Waals surface area (Å²) in [4.78, 5) is 4.24. The first-order chi connectivity index (χ1) is 6.76. The molecule has 76 valence electrons. The first kappa shape index (κ1) is 11.2. The van der Waals surface area contributed by atoms with Crippen molar-refractivity contribution in [2.24, 2.45) is 4.99 Å². The second kappa shape index (κ2) is 5.78. The van der Waals surface area contributed by atoms with Crippen LogP contribution in [0.5, 0.6) is 0 Å². The van der Waals surface area contributed by atoms with E-state index in [2.05, 4.69) is 4.99 Å². The fourth-order valence-electron chi connectivity index (χ4n) is 1.02. The lowest BCUT2D eigenvalue weighted by atomic mass is 10.2. The molecule has 1 atom stereocenters. The molecule has 0 aromatic heterocycles. The zero-order valence-electron chi connectivity index (χ0n) is 8.15. The number of nitrogens with zero attached hydrogens (tertiary/aromatic N) is 1. The van der Waals surface area contributed by atoms with E-state index >= 15 is 0 Å². The summed E-state index contributed by atoms with van der Waals surface area (Å²) in [5.74, 6) is 0. The lowest BCUT2D eigenvalue weighted by Crippen LogP contribution is -2.08. The maximum Gasteiger partial charge on any atom is 0.0727 e. The van der Waals surface area contributed by atoms with Gasteiger partial charge in [-0.25, -0.2) is 0 Å². The van der Waals surface area contributed by atoms with Gasteiger partial charge in [0.05, 0.1) is 12.6 Å². The van der Waals surface area contributed by atoms with Gasteiger partial charge in [-0.1, -0.05) is 30.7 Å². The van der Waals surface area contributed by atoms with Crippen LogP contribution in [-0.4, -0.2) is 24.0 Å². The molecular weight excluding hydrogens is 198 g/mol. The molecule has 0 aliphatic heterocycles. The van der Waals surface area contributed by atoms with Crippen molar-refractivity contribution in [3.8, 4) is 0 Å². The predicted octanol–water partition coefficient (Wildman–Crippen LogP) is 2.53. The smallest absolute Gasteiger partial charge is 0.0727 e. The van der Waals surface area contributed by atoms with Crippen LogP contribution in [0.15, 0.2) is 29.3 Å². The predicted molar refractivity (Wildman–Crippen MR) is 60.2 cm³/mol. The topological polar surface area (TPSA) is 32.6 Å². The Morgan fingerprint density at radius 1 is 1.43 bits per heavy atom. The van der Waals surface area contributed by atoms with Crippen LogP contribution in [0.4, 0.5) is 0 Å². The summed E-state index contributed by atoms with van der Waals surface area (Å²) in [7, 11) is 0. The van der Waals surface area contributed by atoms with Crippen LogP contribution in [0.1, 0.15) is 18.9 Å². The quantitative estimate of drug-likeness (QED) is 0.763. The van der Waals surface area contributed by atoms with Crippen LogP contribution in [0.25, 0.3) is 0 Å². The van der Waals surface area contributed by atoms with Crippen LogP contribution < -0.4 is 0 Å². The SMILES string of the molecule is CC[C@@H](CO)N=Cc1ccc(Cl)cc1. The van der Waals surface area contributed by atoms with Gasteiger partial charge in [-0.05, 0) is 24.1 Å². The van der Waals surface area contributed by atoms with Crippen molar-refractivity contribution >= 4 is 17.8 Å². The molecule has 0 spiro atoms. The Morgan fingerprint density at radius 3 is 2.57 bits per heavy atom. The molecule has 0 fully saturated rings. The van der Waals surface area contributed by atoms with Crippen molar-refractivity contribution in [2.45, 2.75) is 19.4 Å². The highest BCUT2D eigenvalue weighted by Gasteiger charge is 1.98. The summed E-state index contributed by atoms with van der Waals surface area (Å²) in [6.07, 6.45) is 2.61. The maximum absolute atomic E-state index is 8.91. The first-order valence-electron chi connectivity index (χ1n) is 4.66. The zero-order valence-corrected chi connectivity index (χ0v) is 8.91. The van der Waals surface area contributed by atoms with Crippen molar-refractivity contribution in [3.63, 3.8) is 0 Å². The Labute approximate surface area is 89.2 Å². The minimum Gasteiger partial charge on any atom is -0.394 e. The second-order valence-electron chi connectivity index (χ2n) is 3.07. The molecule has 0 unspecified atom stereocenters. The molecular formula is C11H14ClNO. The number of halogens is 1. The lowest BCUT2D eigenvalue weighted by Gasteiger charge is -2.03. The van der Waals surface area contributed by atoms with E-state index in [9.17, 15) is 0 Å².